The molecule has 25 heavy (non-hydrogen) atoms. The molecule has 0 N–H and O–H groups in total. The van der Waals surface area contributed by atoms with E-state index in [4.69, 9.17) is 16.3 Å². The molecule has 128 valence electrons. The molecule has 0 bridgehead atoms. The van der Waals surface area contributed by atoms with Crippen LogP contribution < -0.4 is 0 Å². The van der Waals surface area contributed by atoms with Crippen LogP contribution in [-0.2, 0) is 22.5 Å². The Morgan fingerprint density at radius 2 is 1.84 bits per heavy atom. The second-order valence-electron chi connectivity index (χ2n) is 5.55. The zero-order valence-electron chi connectivity index (χ0n) is 13.7. The lowest BCUT2D eigenvalue weighted by Gasteiger charge is -2.08. The number of hydrogen-bond donors (Lipinski definition) is 0. The molecule has 0 unspecified atom stereocenters. The van der Waals surface area contributed by atoms with E-state index in [1.54, 1.807) is 24.3 Å². The number of ether oxygens (including phenoxy) is 1. The maximum Gasteiger partial charge on any atom is 0.326 e. The Balaban J connectivity index is 1.67. The van der Waals surface area contributed by atoms with Crippen LogP contribution in [0, 0.1) is 0 Å². The van der Waals surface area contributed by atoms with Crippen LogP contribution in [0.5, 0.6) is 0 Å². The summed E-state index contributed by atoms with van der Waals surface area (Å²) in [6, 6.07) is 14.1. The van der Waals surface area contributed by atoms with Crippen molar-refractivity contribution in [3.63, 3.8) is 0 Å². The Morgan fingerprint density at radius 1 is 1.12 bits per heavy atom. The number of ketones is 1. The maximum atomic E-state index is 12.2. The lowest BCUT2D eigenvalue weighted by molar-refractivity contribution is -0.143. The molecule has 0 amide bonds. The van der Waals surface area contributed by atoms with Crippen LogP contribution in [0.1, 0.15) is 23.1 Å². The summed E-state index contributed by atoms with van der Waals surface area (Å²) in [5.74, 6) is 0.0681. The molecule has 0 atom stereocenters. The summed E-state index contributed by atoms with van der Waals surface area (Å²) in [6.07, 6.45) is 0.700. The van der Waals surface area contributed by atoms with Crippen LogP contribution in [0.3, 0.4) is 0 Å². The lowest BCUT2D eigenvalue weighted by Crippen LogP contribution is -2.19. The van der Waals surface area contributed by atoms with Gasteiger partial charge in [-0.2, -0.15) is 0 Å². The summed E-state index contributed by atoms with van der Waals surface area (Å²) in [4.78, 5) is 28.7. The first-order valence-corrected chi connectivity index (χ1v) is 8.35. The van der Waals surface area contributed by atoms with Gasteiger partial charge in [0.15, 0.2) is 12.4 Å². The number of halogens is 1. The number of aryl methyl sites for hydroxylation is 1. The van der Waals surface area contributed by atoms with Crippen LogP contribution in [0.2, 0.25) is 5.02 Å². The maximum absolute atomic E-state index is 12.2. The van der Waals surface area contributed by atoms with E-state index in [2.05, 4.69) is 4.98 Å². The molecule has 0 spiro atoms. The third-order valence-electron chi connectivity index (χ3n) is 3.87. The van der Waals surface area contributed by atoms with Gasteiger partial charge < -0.3 is 9.30 Å². The Bertz CT molecular complexity index is 916. The molecule has 0 fully saturated rings. The number of para-hydroxylation sites is 2. The zero-order valence-corrected chi connectivity index (χ0v) is 14.5. The van der Waals surface area contributed by atoms with Gasteiger partial charge in [0, 0.05) is 17.0 Å². The number of rotatable bonds is 6. The van der Waals surface area contributed by atoms with Crippen LogP contribution in [0.15, 0.2) is 48.5 Å². The molecule has 5 nitrogen and oxygen atoms in total. The van der Waals surface area contributed by atoms with Crippen molar-refractivity contribution in [1.29, 1.82) is 0 Å². The van der Waals surface area contributed by atoms with Crippen LogP contribution in [0.4, 0.5) is 0 Å². The van der Waals surface area contributed by atoms with Crippen LogP contribution in [0.25, 0.3) is 11.0 Å². The first-order valence-electron chi connectivity index (χ1n) is 7.97. The van der Waals surface area contributed by atoms with E-state index >= 15 is 0 Å². The van der Waals surface area contributed by atoms with Gasteiger partial charge in [0.25, 0.3) is 0 Å². The number of esters is 1. The first-order chi connectivity index (χ1) is 12.1. The zero-order chi connectivity index (χ0) is 17.8. The van der Waals surface area contributed by atoms with Crippen molar-refractivity contribution in [3.8, 4) is 0 Å². The normalized spacial score (nSPS) is 10.8. The summed E-state index contributed by atoms with van der Waals surface area (Å²) < 4.78 is 6.96. The molecule has 0 saturated carbocycles. The number of aromatic nitrogens is 2. The number of nitrogens with zero attached hydrogens (tertiary/aromatic N) is 2. The summed E-state index contributed by atoms with van der Waals surface area (Å²) >= 11 is 5.79. The van der Waals surface area contributed by atoms with Crippen LogP contribution in [-0.4, -0.2) is 27.9 Å². The van der Waals surface area contributed by atoms with E-state index < -0.39 is 5.97 Å². The highest BCUT2D eigenvalue weighted by Gasteiger charge is 2.15. The predicted octanol–water partition coefficient (Wildman–Crippen LogP) is 3.68. The molecule has 1 heterocycles. The topological polar surface area (TPSA) is 61.2 Å². The number of imidazole rings is 1. The van der Waals surface area contributed by atoms with Gasteiger partial charge in [-0.3, -0.25) is 9.59 Å². The highest BCUT2D eigenvalue weighted by molar-refractivity contribution is 6.30. The molecule has 1 aromatic heterocycles. The molecular weight excluding hydrogens is 340 g/mol. The average molecular weight is 357 g/mol. The average Bonchev–Trinajstić information content (AvgIpc) is 2.98. The van der Waals surface area contributed by atoms with E-state index in [0.29, 0.717) is 17.0 Å². The predicted molar refractivity (Wildman–Crippen MR) is 95.9 cm³/mol. The minimum atomic E-state index is -0.472. The van der Waals surface area contributed by atoms with Gasteiger partial charge >= 0.3 is 5.97 Å². The van der Waals surface area contributed by atoms with Gasteiger partial charge in [-0.15, -0.1) is 0 Å². The fourth-order valence-electron chi connectivity index (χ4n) is 2.61. The minimum Gasteiger partial charge on any atom is -0.456 e. The molecule has 0 radical (unpaired) electrons. The number of benzene rings is 2. The van der Waals surface area contributed by atoms with Crippen molar-refractivity contribution >= 4 is 34.4 Å². The standard InChI is InChI=1S/C19H17ClN2O3/c1-2-18-21-15-5-3-4-6-16(15)22(18)11-19(24)25-12-17(23)13-7-9-14(20)10-8-13/h3-10H,2,11-12H2,1H3. The number of Topliss-reactive ketones (excluding diaryl/α,β-unsaturated/α-hetero) is 1. The molecular formula is C19H17ClN2O3. The van der Waals surface area contributed by atoms with Crippen molar-refractivity contribution in [2.45, 2.75) is 19.9 Å². The third-order valence-corrected chi connectivity index (χ3v) is 4.12. The van der Waals surface area contributed by atoms with E-state index in [9.17, 15) is 9.59 Å². The number of carbonyl (C=O) groups excluding carboxylic acids is 2. The molecule has 0 aliphatic rings. The molecule has 0 aliphatic carbocycles. The summed E-state index contributed by atoms with van der Waals surface area (Å²) in [5, 5.41) is 0.549. The monoisotopic (exact) mass is 356 g/mol. The lowest BCUT2D eigenvalue weighted by atomic mass is 10.1. The van der Waals surface area contributed by atoms with E-state index in [0.717, 1.165) is 16.9 Å². The third kappa shape index (κ3) is 3.88. The highest BCUT2D eigenvalue weighted by Crippen LogP contribution is 2.16. The van der Waals surface area contributed by atoms with Crippen molar-refractivity contribution in [2.24, 2.45) is 0 Å². The minimum absolute atomic E-state index is 0.0254. The fraction of sp³-hybridized carbons (Fsp3) is 0.211. The van der Waals surface area contributed by atoms with Gasteiger partial charge in [0.05, 0.1) is 11.0 Å². The van der Waals surface area contributed by atoms with Gasteiger partial charge in [-0.1, -0.05) is 30.7 Å². The van der Waals surface area contributed by atoms with Crippen LogP contribution >= 0.6 is 11.6 Å². The molecule has 0 saturated heterocycles. The summed E-state index contributed by atoms with van der Waals surface area (Å²) in [6.45, 7) is 1.71. The van der Waals surface area contributed by atoms with Gasteiger partial charge in [-0.05, 0) is 36.4 Å². The Hall–Kier alpha value is -2.66. The number of carbonyl (C=O) groups is 2. The van der Waals surface area contributed by atoms with Crippen molar-refractivity contribution in [3.05, 3.63) is 64.9 Å². The number of fused-ring (bicyclic) bond motifs is 1. The van der Waals surface area contributed by atoms with Gasteiger partial charge in [-0.25, -0.2) is 4.98 Å². The van der Waals surface area contributed by atoms with Gasteiger partial charge in [0.1, 0.15) is 12.4 Å². The Morgan fingerprint density at radius 3 is 2.56 bits per heavy atom. The van der Waals surface area contributed by atoms with Crippen molar-refractivity contribution in [1.82, 2.24) is 9.55 Å². The van der Waals surface area contributed by atoms with E-state index in [1.165, 1.54) is 0 Å². The van der Waals surface area contributed by atoms with Crippen molar-refractivity contribution < 1.29 is 14.3 Å². The highest BCUT2D eigenvalue weighted by atomic mass is 35.5. The summed E-state index contributed by atoms with van der Waals surface area (Å²) in [7, 11) is 0. The molecule has 0 aliphatic heterocycles. The quantitative estimate of drug-likeness (QED) is 0.499. The molecule has 3 aromatic rings. The van der Waals surface area contributed by atoms with E-state index in [1.807, 2.05) is 35.8 Å². The van der Waals surface area contributed by atoms with Crippen molar-refractivity contribution in [2.75, 3.05) is 6.61 Å². The van der Waals surface area contributed by atoms with E-state index in [-0.39, 0.29) is 18.9 Å². The largest absolute Gasteiger partial charge is 0.456 e. The smallest absolute Gasteiger partial charge is 0.326 e. The first kappa shape index (κ1) is 17.2. The Kier molecular flexibility index (Phi) is 5.14. The fourth-order valence-corrected chi connectivity index (χ4v) is 2.74. The van der Waals surface area contributed by atoms with Gasteiger partial charge in [0.2, 0.25) is 0 Å². The molecule has 3 rings (SSSR count). The second kappa shape index (κ2) is 7.49. The molecule has 2 aromatic carbocycles. The number of hydrogen-bond acceptors (Lipinski definition) is 4. The Labute approximate surface area is 150 Å². The second-order valence-corrected chi connectivity index (χ2v) is 5.98. The summed E-state index contributed by atoms with van der Waals surface area (Å²) in [5.41, 5.74) is 2.17. The molecule has 6 heteroatoms. The SMILES string of the molecule is CCc1nc2ccccc2n1CC(=O)OCC(=O)c1ccc(Cl)cc1.